The minimum atomic E-state index is 0.164. The van der Waals surface area contributed by atoms with Crippen LogP contribution in [0, 0.1) is 10.8 Å². The van der Waals surface area contributed by atoms with Crippen LogP contribution in [0.5, 0.6) is 0 Å². The molecule has 1 aliphatic heterocycles. The van der Waals surface area contributed by atoms with E-state index in [-0.39, 0.29) is 5.41 Å². The van der Waals surface area contributed by atoms with Crippen LogP contribution in [-0.2, 0) is 0 Å². The number of hydrogen-bond donors (Lipinski definition) is 1. The lowest BCUT2D eigenvalue weighted by Gasteiger charge is -2.20. The molecule has 1 aliphatic rings. The lowest BCUT2D eigenvalue weighted by molar-refractivity contribution is 0.531. The van der Waals surface area contributed by atoms with Crippen molar-refractivity contribution in [2.45, 2.75) is 48.0 Å². The van der Waals surface area contributed by atoms with E-state index in [1.807, 2.05) is 0 Å². The van der Waals surface area contributed by atoms with Crippen LogP contribution < -0.4 is 0 Å². The molecule has 1 rings (SSSR count). The molecule has 0 amide bonds. The number of allylic oxidation sites excluding steroid dienone is 4. The van der Waals surface area contributed by atoms with Gasteiger partial charge in [-0.15, -0.1) is 0 Å². The van der Waals surface area contributed by atoms with Crippen molar-refractivity contribution in [1.82, 2.24) is 0 Å². The maximum absolute atomic E-state index is 8.12. The molecular weight excluding hydrogens is 202 g/mol. The Kier molecular flexibility index (Phi) is 3.49. The summed E-state index contributed by atoms with van der Waals surface area (Å²) < 4.78 is 0. The standard InChI is InChI=1S/C13H21NS/c1-7-8(2)11-10(14)9(3)12(15-11)13(4,5)6/h14H,7H2,1-6H3/b11-8+,14-10?. The van der Waals surface area contributed by atoms with Crippen molar-refractivity contribution < 1.29 is 0 Å². The summed E-state index contributed by atoms with van der Waals surface area (Å²) in [6.45, 7) is 13.0. The summed E-state index contributed by atoms with van der Waals surface area (Å²) in [6, 6.07) is 0. The van der Waals surface area contributed by atoms with E-state index in [4.69, 9.17) is 5.41 Å². The monoisotopic (exact) mass is 223 g/mol. The lowest BCUT2D eigenvalue weighted by Crippen LogP contribution is -2.07. The Morgan fingerprint density at radius 2 is 1.87 bits per heavy atom. The number of rotatable bonds is 1. The second-order valence-corrected chi connectivity index (χ2v) is 6.16. The van der Waals surface area contributed by atoms with E-state index in [1.165, 1.54) is 15.4 Å². The highest BCUT2D eigenvalue weighted by Crippen LogP contribution is 2.48. The molecule has 1 heterocycles. The molecule has 0 unspecified atom stereocenters. The Bertz CT molecular complexity index is 353. The first-order valence-corrected chi connectivity index (χ1v) is 6.29. The van der Waals surface area contributed by atoms with Gasteiger partial charge in [0.05, 0.1) is 5.71 Å². The van der Waals surface area contributed by atoms with Crippen LogP contribution in [0.1, 0.15) is 48.0 Å². The zero-order valence-electron chi connectivity index (χ0n) is 10.6. The molecule has 1 N–H and O–H groups in total. The van der Waals surface area contributed by atoms with Crippen molar-refractivity contribution in [1.29, 1.82) is 5.41 Å². The number of hydrogen-bond acceptors (Lipinski definition) is 2. The van der Waals surface area contributed by atoms with Gasteiger partial charge < -0.3 is 0 Å². The summed E-state index contributed by atoms with van der Waals surface area (Å²) in [5.74, 6) is 0. The summed E-state index contributed by atoms with van der Waals surface area (Å²) in [5, 5.41) is 8.12. The van der Waals surface area contributed by atoms with Crippen LogP contribution in [0.15, 0.2) is 21.0 Å². The third-order valence-electron chi connectivity index (χ3n) is 2.75. The molecule has 84 valence electrons. The largest absolute Gasteiger partial charge is 0.299 e. The Labute approximate surface area is 97.5 Å². The molecule has 1 nitrogen and oxygen atoms in total. The second-order valence-electron chi connectivity index (χ2n) is 5.14. The van der Waals surface area contributed by atoms with Crippen LogP contribution in [0.25, 0.3) is 0 Å². The van der Waals surface area contributed by atoms with Gasteiger partial charge in [0.2, 0.25) is 0 Å². The average Bonchev–Trinajstić information content (AvgIpc) is 2.42. The number of nitrogens with one attached hydrogen (secondary N) is 1. The zero-order valence-corrected chi connectivity index (χ0v) is 11.4. The van der Waals surface area contributed by atoms with Crippen LogP contribution in [-0.4, -0.2) is 5.71 Å². The predicted molar refractivity (Wildman–Crippen MR) is 70.5 cm³/mol. The van der Waals surface area contributed by atoms with Gasteiger partial charge in [-0.25, -0.2) is 0 Å². The quantitative estimate of drug-likeness (QED) is 0.681. The van der Waals surface area contributed by atoms with Crippen molar-refractivity contribution >= 4 is 17.5 Å². The van der Waals surface area contributed by atoms with E-state index in [9.17, 15) is 0 Å². The van der Waals surface area contributed by atoms with E-state index in [2.05, 4.69) is 41.5 Å². The van der Waals surface area contributed by atoms with Crippen molar-refractivity contribution in [3.05, 3.63) is 21.0 Å². The Morgan fingerprint density at radius 3 is 2.20 bits per heavy atom. The van der Waals surface area contributed by atoms with Gasteiger partial charge in [-0.1, -0.05) is 45.0 Å². The van der Waals surface area contributed by atoms with Crippen molar-refractivity contribution in [3.63, 3.8) is 0 Å². The average molecular weight is 223 g/mol. The fourth-order valence-corrected chi connectivity index (χ4v) is 3.03. The smallest absolute Gasteiger partial charge is 0.0715 e. The second kappa shape index (κ2) is 4.17. The fraction of sp³-hybridized carbons (Fsp3) is 0.615. The highest BCUT2D eigenvalue weighted by molar-refractivity contribution is 8.08. The highest BCUT2D eigenvalue weighted by atomic mass is 32.2. The first-order valence-electron chi connectivity index (χ1n) is 5.47. The van der Waals surface area contributed by atoms with Crippen LogP contribution >= 0.6 is 11.8 Å². The third kappa shape index (κ3) is 2.36. The number of thioether (sulfide) groups is 1. The van der Waals surface area contributed by atoms with Gasteiger partial charge in [0.15, 0.2) is 0 Å². The summed E-state index contributed by atoms with van der Waals surface area (Å²) in [4.78, 5) is 2.54. The molecule has 0 aromatic rings. The van der Waals surface area contributed by atoms with Crippen LogP contribution in [0.4, 0.5) is 0 Å². The maximum atomic E-state index is 8.12. The summed E-state index contributed by atoms with van der Waals surface area (Å²) >= 11 is 1.80. The summed E-state index contributed by atoms with van der Waals surface area (Å²) in [6.07, 6.45) is 1.04. The molecule has 0 saturated carbocycles. The van der Waals surface area contributed by atoms with E-state index in [1.54, 1.807) is 11.8 Å². The Morgan fingerprint density at radius 1 is 1.33 bits per heavy atom. The molecule has 0 aromatic carbocycles. The highest BCUT2D eigenvalue weighted by Gasteiger charge is 2.30. The van der Waals surface area contributed by atoms with Crippen molar-refractivity contribution in [2.75, 3.05) is 0 Å². The normalized spacial score (nSPS) is 21.3. The topological polar surface area (TPSA) is 23.9 Å². The molecule has 0 radical (unpaired) electrons. The molecule has 0 atom stereocenters. The first-order chi connectivity index (χ1) is 6.79. The molecular formula is C13H21NS. The van der Waals surface area contributed by atoms with E-state index in [0.29, 0.717) is 0 Å². The van der Waals surface area contributed by atoms with Crippen LogP contribution in [0.2, 0.25) is 0 Å². The molecule has 0 spiro atoms. The van der Waals surface area contributed by atoms with Crippen molar-refractivity contribution in [2.24, 2.45) is 5.41 Å². The molecule has 0 saturated heterocycles. The predicted octanol–water partition coefficient (Wildman–Crippen LogP) is 4.76. The molecule has 0 fully saturated rings. The molecule has 15 heavy (non-hydrogen) atoms. The molecule has 2 heteroatoms. The van der Waals surface area contributed by atoms with E-state index < -0.39 is 0 Å². The first kappa shape index (κ1) is 12.6. The Hall–Kier alpha value is -0.500. The van der Waals surface area contributed by atoms with Gasteiger partial charge in [-0.3, -0.25) is 5.41 Å². The minimum Gasteiger partial charge on any atom is -0.299 e. The molecule has 0 aliphatic carbocycles. The zero-order chi connectivity index (χ0) is 11.8. The summed E-state index contributed by atoms with van der Waals surface area (Å²) in [7, 11) is 0. The molecule has 0 aromatic heterocycles. The molecule has 0 bridgehead atoms. The van der Waals surface area contributed by atoms with E-state index in [0.717, 1.165) is 17.7 Å². The van der Waals surface area contributed by atoms with Gasteiger partial charge in [-0.2, -0.15) is 0 Å². The van der Waals surface area contributed by atoms with Gasteiger partial charge >= 0.3 is 0 Å². The van der Waals surface area contributed by atoms with Gasteiger partial charge in [0.1, 0.15) is 0 Å². The SMILES string of the molecule is CC/C(C)=C1/SC(C(C)(C)C)=C(C)C1=N. The van der Waals surface area contributed by atoms with Gasteiger partial charge in [-0.05, 0) is 31.3 Å². The summed E-state index contributed by atoms with van der Waals surface area (Å²) in [5.41, 5.74) is 3.40. The lowest BCUT2D eigenvalue weighted by atomic mass is 9.92. The van der Waals surface area contributed by atoms with Crippen LogP contribution in [0.3, 0.4) is 0 Å². The van der Waals surface area contributed by atoms with E-state index >= 15 is 0 Å². The van der Waals surface area contributed by atoms with Gasteiger partial charge in [0.25, 0.3) is 0 Å². The van der Waals surface area contributed by atoms with Gasteiger partial charge in [0, 0.05) is 9.81 Å². The third-order valence-corrected chi connectivity index (χ3v) is 4.63. The minimum absolute atomic E-state index is 0.164. The fourth-order valence-electron chi connectivity index (χ4n) is 1.69. The van der Waals surface area contributed by atoms with Crippen molar-refractivity contribution in [3.8, 4) is 0 Å². The maximum Gasteiger partial charge on any atom is 0.0715 e. The Balaban J connectivity index is 3.14.